The van der Waals surface area contributed by atoms with Crippen molar-refractivity contribution in [2.45, 2.75) is 56.7 Å². The first-order valence-electron chi connectivity index (χ1n) is 10.5. The molecular weight excluding hydrogens is 428 g/mol. The number of fused-ring (bicyclic) bond motifs is 3. The predicted molar refractivity (Wildman–Crippen MR) is 124 cm³/mol. The molecule has 6 rings (SSSR count). The zero-order chi connectivity index (χ0) is 21.2. The Kier molecular flexibility index (Phi) is 4.22. The fourth-order valence-corrected chi connectivity index (χ4v) is 7.14. The molecule has 2 aliphatic heterocycles. The van der Waals surface area contributed by atoms with Gasteiger partial charge < -0.3 is 10.2 Å². The van der Waals surface area contributed by atoms with Crippen LogP contribution in [-0.2, 0) is 0 Å². The standard InChI is InChI=1S/C21H24N8S2/c1-20-4-5-21(2,27-20)9-13(8-20)28(3)19-26-18-17(31-19)25-16(30-18)14-10-24-15(11-23-14)29-7-6-22-12-29/h6-7,10-13,27H,4-5,8-9H2,1-3H3/t13-,20-,21+. The van der Waals surface area contributed by atoms with Crippen LogP contribution in [0.4, 0.5) is 5.13 Å². The van der Waals surface area contributed by atoms with Gasteiger partial charge in [-0.05, 0) is 39.5 Å². The van der Waals surface area contributed by atoms with Gasteiger partial charge in [-0.3, -0.25) is 4.57 Å². The van der Waals surface area contributed by atoms with Crippen molar-refractivity contribution in [3.05, 3.63) is 31.1 Å². The van der Waals surface area contributed by atoms with Crippen LogP contribution in [-0.4, -0.2) is 53.7 Å². The first-order valence-corrected chi connectivity index (χ1v) is 12.1. The molecule has 0 spiro atoms. The van der Waals surface area contributed by atoms with Gasteiger partial charge in [0, 0.05) is 36.6 Å². The lowest BCUT2D eigenvalue weighted by Crippen LogP contribution is -2.58. The number of piperidine rings is 1. The van der Waals surface area contributed by atoms with Crippen LogP contribution in [0.3, 0.4) is 0 Å². The third-order valence-corrected chi connectivity index (χ3v) is 8.79. The van der Waals surface area contributed by atoms with E-state index < -0.39 is 0 Å². The Morgan fingerprint density at radius 3 is 2.48 bits per heavy atom. The lowest BCUT2D eigenvalue weighted by Gasteiger charge is -2.45. The SMILES string of the molecule is CN(c1nc2sc(-c3cnc(-n4ccnc4)cn3)nc2s1)[C@H]1C[C@]2(C)CC[C@](C)(C1)N2. The van der Waals surface area contributed by atoms with Crippen LogP contribution in [0.1, 0.15) is 39.5 Å². The fraction of sp³-hybridized carbons (Fsp3) is 0.476. The zero-order valence-corrected chi connectivity index (χ0v) is 19.4. The Balaban J connectivity index is 1.23. The van der Waals surface area contributed by atoms with Crippen LogP contribution in [0.15, 0.2) is 31.1 Å². The minimum Gasteiger partial charge on any atom is -0.348 e. The normalized spacial score (nSPS) is 27.8. The number of rotatable bonds is 4. The molecule has 31 heavy (non-hydrogen) atoms. The number of hydrogen-bond acceptors (Lipinski definition) is 9. The third kappa shape index (κ3) is 3.33. The first-order chi connectivity index (χ1) is 14.9. The van der Waals surface area contributed by atoms with Crippen LogP contribution in [0, 0.1) is 0 Å². The number of thiazole rings is 2. The van der Waals surface area contributed by atoms with Crippen molar-refractivity contribution in [3.63, 3.8) is 0 Å². The topological polar surface area (TPSA) is 84.7 Å². The Morgan fingerprint density at radius 2 is 1.84 bits per heavy atom. The third-order valence-electron chi connectivity index (χ3n) is 6.64. The van der Waals surface area contributed by atoms with E-state index in [-0.39, 0.29) is 11.1 Å². The van der Waals surface area contributed by atoms with E-state index in [0.717, 1.165) is 44.2 Å². The Hall–Kier alpha value is -2.43. The lowest BCUT2D eigenvalue weighted by atomic mass is 9.84. The van der Waals surface area contributed by atoms with Gasteiger partial charge in [0.05, 0.1) is 12.4 Å². The Bertz CT molecular complexity index is 1180. The monoisotopic (exact) mass is 452 g/mol. The summed E-state index contributed by atoms with van der Waals surface area (Å²) < 4.78 is 1.83. The number of hydrogen-bond donors (Lipinski definition) is 1. The quantitative estimate of drug-likeness (QED) is 0.503. The minimum absolute atomic E-state index is 0.244. The zero-order valence-electron chi connectivity index (χ0n) is 17.7. The van der Waals surface area contributed by atoms with E-state index in [0.29, 0.717) is 6.04 Å². The van der Waals surface area contributed by atoms with Crippen molar-refractivity contribution in [3.8, 4) is 16.5 Å². The summed E-state index contributed by atoms with van der Waals surface area (Å²) in [6.07, 6.45) is 13.6. The van der Waals surface area contributed by atoms with Gasteiger partial charge in [-0.2, -0.15) is 0 Å². The highest BCUT2D eigenvalue weighted by molar-refractivity contribution is 7.29. The van der Waals surface area contributed by atoms with Crippen molar-refractivity contribution in [2.75, 3.05) is 11.9 Å². The highest BCUT2D eigenvalue weighted by Gasteiger charge is 2.49. The molecule has 2 saturated heterocycles. The summed E-state index contributed by atoms with van der Waals surface area (Å²) in [6.45, 7) is 4.73. The van der Waals surface area contributed by atoms with Crippen molar-refractivity contribution < 1.29 is 0 Å². The Morgan fingerprint density at radius 1 is 1.06 bits per heavy atom. The molecule has 2 fully saturated rings. The van der Waals surface area contributed by atoms with Crippen LogP contribution in [0.25, 0.3) is 26.2 Å². The molecule has 2 aliphatic rings. The summed E-state index contributed by atoms with van der Waals surface area (Å²) in [4.78, 5) is 27.1. The molecular formula is C21H24N8S2. The molecule has 160 valence electrons. The molecule has 6 heterocycles. The fourth-order valence-electron chi connectivity index (χ4n) is 5.11. The highest BCUT2D eigenvalue weighted by atomic mass is 32.1. The van der Waals surface area contributed by atoms with Gasteiger partial charge in [-0.1, -0.05) is 22.7 Å². The van der Waals surface area contributed by atoms with E-state index in [1.54, 1.807) is 47.6 Å². The summed E-state index contributed by atoms with van der Waals surface area (Å²) in [7, 11) is 2.19. The van der Waals surface area contributed by atoms with Crippen LogP contribution >= 0.6 is 22.7 Å². The lowest BCUT2D eigenvalue weighted by molar-refractivity contribution is 0.208. The number of imidazole rings is 1. The number of aromatic nitrogens is 6. The van der Waals surface area contributed by atoms with Crippen molar-refractivity contribution in [1.82, 2.24) is 34.8 Å². The second kappa shape index (κ2) is 6.78. The summed E-state index contributed by atoms with van der Waals surface area (Å²) in [5.74, 6) is 0.736. The van der Waals surface area contributed by atoms with Crippen molar-refractivity contribution in [1.29, 1.82) is 0 Å². The van der Waals surface area contributed by atoms with Crippen LogP contribution < -0.4 is 10.2 Å². The van der Waals surface area contributed by atoms with E-state index in [9.17, 15) is 0 Å². The van der Waals surface area contributed by atoms with Gasteiger partial charge in [-0.15, -0.1) is 0 Å². The Labute approximate surface area is 188 Å². The second-order valence-electron chi connectivity index (χ2n) is 9.27. The molecule has 2 bridgehead atoms. The van der Waals surface area contributed by atoms with Gasteiger partial charge in [-0.25, -0.2) is 24.9 Å². The van der Waals surface area contributed by atoms with Gasteiger partial charge in [0.1, 0.15) is 17.0 Å². The molecule has 0 amide bonds. The maximum absolute atomic E-state index is 4.93. The molecule has 0 saturated carbocycles. The number of anilines is 1. The average molecular weight is 453 g/mol. The van der Waals surface area contributed by atoms with Crippen molar-refractivity contribution >= 4 is 37.5 Å². The molecule has 3 atom stereocenters. The summed E-state index contributed by atoms with van der Waals surface area (Å²) in [6, 6.07) is 0.500. The molecule has 4 aromatic heterocycles. The largest absolute Gasteiger partial charge is 0.348 e. The van der Waals surface area contributed by atoms with Crippen LogP contribution in [0.2, 0.25) is 0 Å². The van der Waals surface area contributed by atoms with Crippen molar-refractivity contribution in [2.24, 2.45) is 0 Å². The molecule has 0 unspecified atom stereocenters. The second-order valence-corrected chi connectivity index (χ2v) is 11.2. The van der Waals surface area contributed by atoms with Gasteiger partial charge in [0.2, 0.25) is 0 Å². The summed E-state index contributed by atoms with van der Waals surface area (Å²) in [5.41, 5.74) is 1.26. The van der Waals surface area contributed by atoms with Gasteiger partial charge in [0.15, 0.2) is 20.6 Å². The van der Waals surface area contributed by atoms with E-state index in [2.05, 4.69) is 46.1 Å². The van der Waals surface area contributed by atoms with E-state index in [1.165, 1.54) is 12.8 Å². The van der Waals surface area contributed by atoms with E-state index in [4.69, 9.17) is 9.97 Å². The molecule has 10 heteroatoms. The maximum atomic E-state index is 4.93. The number of nitrogens with zero attached hydrogens (tertiary/aromatic N) is 7. The molecule has 1 N–H and O–H groups in total. The van der Waals surface area contributed by atoms with E-state index in [1.807, 2.05) is 10.8 Å². The first kappa shape index (κ1) is 19.3. The smallest absolute Gasteiger partial charge is 0.188 e. The van der Waals surface area contributed by atoms with E-state index >= 15 is 0 Å². The molecule has 4 aromatic rings. The van der Waals surface area contributed by atoms with Gasteiger partial charge in [0.25, 0.3) is 0 Å². The minimum atomic E-state index is 0.244. The molecule has 0 aliphatic carbocycles. The summed E-state index contributed by atoms with van der Waals surface area (Å²) in [5, 5.41) is 5.78. The maximum Gasteiger partial charge on any atom is 0.188 e. The molecule has 0 radical (unpaired) electrons. The number of nitrogens with one attached hydrogen (secondary N) is 1. The van der Waals surface area contributed by atoms with Gasteiger partial charge >= 0.3 is 0 Å². The average Bonchev–Trinajstić information content (AvgIpc) is 3.50. The predicted octanol–water partition coefficient (Wildman–Crippen LogP) is 3.89. The molecule has 0 aromatic carbocycles. The molecule has 8 nitrogen and oxygen atoms in total. The highest BCUT2D eigenvalue weighted by Crippen LogP contribution is 2.45. The summed E-state index contributed by atoms with van der Waals surface area (Å²) >= 11 is 3.25. The van der Waals surface area contributed by atoms with Crippen LogP contribution in [0.5, 0.6) is 0 Å².